The highest BCUT2D eigenvalue weighted by molar-refractivity contribution is 6.09. The minimum atomic E-state index is -0.355. The van der Waals surface area contributed by atoms with E-state index < -0.39 is 0 Å². The monoisotopic (exact) mass is 201 g/mol. The Morgan fingerprint density at radius 1 is 1.53 bits per heavy atom. The van der Waals surface area contributed by atoms with Crippen LogP contribution in [0, 0.1) is 11.3 Å². The van der Waals surface area contributed by atoms with Crippen LogP contribution in [0.4, 0.5) is 0 Å². The topological polar surface area (TPSA) is 57.0 Å². The van der Waals surface area contributed by atoms with Crippen molar-refractivity contribution in [2.75, 3.05) is 14.1 Å². The van der Waals surface area contributed by atoms with Crippen molar-refractivity contribution in [3.63, 3.8) is 0 Å². The van der Waals surface area contributed by atoms with Crippen molar-refractivity contribution in [1.29, 1.82) is 5.26 Å². The smallest absolute Gasteiger partial charge is 0.223 e. The van der Waals surface area contributed by atoms with Gasteiger partial charge in [-0.05, 0) is 12.1 Å². The first-order valence-electron chi connectivity index (χ1n) is 4.39. The van der Waals surface area contributed by atoms with Gasteiger partial charge in [0.15, 0.2) is 0 Å². The molecule has 1 rings (SSSR count). The maximum absolute atomic E-state index is 11.7. The SMILES string of the molecule is CN(C)C=C(C#N)C(=O)c1ccccn1. The number of carbonyl (C=O) groups excluding carboxylic acids is 1. The molecule has 0 aliphatic heterocycles. The Kier molecular flexibility index (Phi) is 3.58. The van der Waals surface area contributed by atoms with Crippen LogP contribution in [0.25, 0.3) is 0 Å². The van der Waals surface area contributed by atoms with E-state index in [9.17, 15) is 4.79 Å². The summed E-state index contributed by atoms with van der Waals surface area (Å²) in [5.41, 5.74) is 0.367. The minimum absolute atomic E-state index is 0.0821. The molecule has 76 valence electrons. The summed E-state index contributed by atoms with van der Waals surface area (Å²) in [6, 6.07) is 6.88. The maximum atomic E-state index is 11.7. The third-order valence-corrected chi connectivity index (χ3v) is 1.65. The van der Waals surface area contributed by atoms with Crippen LogP contribution in [0.5, 0.6) is 0 Å². The highest BCUT2D eigenvalue weighted by Crippen LogP contribution is 2.04. The summed E-state index contributed by atoms with van der Waals surface area (Å²) in [6.07, 6.45) is 3.01. The molecule has 0 bridgehead atoms. The van der Waals surface area contributed by atoms with E-state index >= 15 is 0 Å². The summed E-state index contributed by atoms with van der Waals surface area (Å²) in [6.45, 7) is 0. The van der Waals surface area contributed by atoms with Gasteiger partial charge in [0.25, 0.3) is 0 Å². The van der Waals surface area contributed by atoms with Crippen molar-refractivity contribution in [1.82, 2.24) is 9.88 Å². The van der Waals surface area contributed by atoms with E-state index in [2.05, 4.69) is 4.98 Å². The Labute approximate surface area is 88.5 Å². The molecule has 0 aromatic carbocycles. The number of hydrogen-bond donors (Lipinski definition) is 0. The molecular formula is C11H11N3O. The van der Waals surface area contributed by atoms with Crippen LogP contribution in [-0.2, 0) is 0 Å². The zero-order valence-corrected chi connectivity index (χ0v) is 8.64. The summed E-state index contributed by atoms with van der Waals surface area (Å²) in [5, 5.41) is 8.81. The lowest BCUT2D eigenvalue weighted by Crippen LogP contribution is -2.09. The molecule has 0 atom stereocenters. The second kappa shape index (κ2) is 4.91. The molecule has 15 heavy (non-hydrogen) atoms. The van der Waals surface area contributed by atoms with E-state index in [1.165, 1.54) is 12.4 Å². The number of ketones is 1. The number of pyridine rings is 1. The third kappa shape index (κ3) is 2.92. The van der Waals surface area contributed by atoms with Gasteiger partial charge in [-0.2, -0.15) is 5.26 Å². The van der Waals surface area contributed by atoms with Gasteiger partial charge in [-0.1, -0.05) is 6.07 Å². The molecule has 0 fully saturated rings. The largest absolute Gasteiger partial charge is 0.382 e. The van der Waals surface area contributed by atoms with Gasteiger partial charge < -0.3 is 4.90 Å². The van der Waals surface area contributed by atoms with Crippen LogP contribution in [0.15, 0.2) is 36.2 Å². The lowest BCUT2D eigenvalue weighted by molar-refractivity contribution is 0.103. The van der Waals surface area contributed by atoms with Crippen LogP contribution in [0.2, 0.25) is 0 Å². The molecule has 4 nitrogen and oxygen atoms in total. The van der Waals surface area contributed by atoms with Gasteiger partial charge in [0.1, 0.15) is 17.3 Å². The normalized spacial score (nSPS) is 10.6. The lowest BCUT2D eigenvalue weighted by atomic mass is 10.1. The zero-order chi connectivity index (χ0) is 11.3. The zero-order valence-electron chi connectivity index (χ0n) is 8.64. The molecule has 1 aromatic heterocycles. The molecule has 0 amide bonds. The van der Waals surface area contributed by atoms with Crippen molar-refractivity contribution < 1.29 is 4.79 Å². The fourth-order valence-electron chi connectivity index (χ4n) is 1.03. The first-order valence-corrected chi connectivity index (χ1v) is 4.39. The first-order chi connectivity index (χ1) is 7.15. The molecule has 0 radical (unpaired) electrons. The van der Waals surface area contributed by atoms with Gasteiger partial charge in [0, 0.05) is 26.5 Å². The van der Waals surface area contributed by atoms with Gasteiger partial charge in [-0.25, -0.2) is 0 Å². The predicted octanol–water partition coefficient (Wildman–Crippen LogP) is 1.23. The predicted molar refractivity (Wildman–Crippen MR) is 56.0 cm³/mol. The quantitative estimate of drug-likeness (QED) is 0.419. The summed E-state index contributed by atoms with van der Waals surface area (Å²) in [4.78, 5) is 17.3. The molecule has 0 spiro atoms. The van der Waals surface area contributed by atoms with Crippen LogP contribution in [0.3, 0.4) is 0 Å². The van der Waals surface area contributed by atoms with Gasteiger partial charge in [0.2, 0.25) is 5.78 Å². The first kappa shape index (κ1) is 10.9. The van der Waals surface area contributed by atoms with Crippen LogP contribution < -0.4 is 0 Å². The number of aromatic nitrogens is 1. The van der Waals surface area contributed by atoms with Gasteiger partial charge >= 0.3 is 0 Å². The van der Waals surface area contributed by atoms with Gasteiger partial charge in [-0.15, -0.1) is 0 Å². The number of allylic oxidation sites excluding steroid dienone is 1. The molecule has 0 aliphatic rings. The Bertz CT molecular complexity index is 415. The van der Waals surface area contributed by atoms with Crippen LogP contribution >= 0.6 is 0 Å². The number of rotatable bonds is 3. The van der Waals surface area contributed by atoms with Crippen molar-refractivity contribution in [2.24, 2.45) is 0 Å². The lowest BCUT2D eigenvalue weighted by Gasteiger charge is -2.05. The summed E-state index contributed by atoms with van der Waals surface area (Å²) < 4.78 is 0. The van der Waals surface area contributed by atoms with Crippen LogP contribution in [-0.4, -0.2) is 29.8 Å². The molecule has 0 unspecified atom stereocenters. The van der Waals surface area contributed by atoms with Crippen molar-refractivity contribution in [3.05, 3.63) is 41.9 Å². The Hall–Kier alpha value is -2.15. The average Bonchev–Trinajstić information content (AvgIpc) is 2.26. The second-order valence-electron chi connectivity index (χ2n) is 3.16. The van der Waals surface area contributed by atoms with Crippen molar-refractivity contribution >= 4 is 5.78 Å². The fourth-order valence-corrected chi connectivity index (χ4v) is 1.03. The van der Waals surface area contributed by atoms with Crippen molar-refractivity contribution in [2.45, 2.75) is 0 Å². The third-order valence-electron chi connectivity index (χ3n) is 1.65. The second-order valence-corrected chi connectivity index (χ2v) is 3.16. The number of Topliss-reactive ketones (excluding diaryl/α,β-unsaturated/α-hetero) is 1. The molecule has 4 heteroatoms. The number of nitriles is 1. The van der Waals surface area contributed by atoms with Crippen molar-refractivity contribution in [3.8, 4) is 6.07 Å². The van der Waals surface area contributed by atoms with E-state index in [1.807, 2.05) is 6.07 Å². The molecule has 0 saturated carbocycles. The molecule has 0 N–H and O–H groups in total. The van der Waals surface area contributed by atoms with E-state index in [4.69, 9.17) is 5.26 Å². The van der Waals surface area contributed by atoms with Gasteiger partial charge in [-0.3, -0.25) is 9.78 Å². The highest BCUT2D eigenvalue weighted by Gasteiger charge is 2.12. The van der Waals surface area contributed by atoms with E-state index in [-0.39, 0.29) is 17.1 Å². The minimum Gasteiger partial charge on any atom is -0.382 e. The number of carbonyl (C=O) groups is 1. The summed E-state index contributed by atoms with van der Waals surface area (Å²) in [7, 11) is 3.51. The molecule has 0 saturated heterocycles. The molecule has 1 aromatic rings. The number of hydrogen-bond acceptors (Lipinski definition) is 4. The summed E-state index contributed by atoms with van der Waals surface area (Å²) in [5.74, 6) is -0.355. The molecular weight excluding hydrogens is 190 g/mol. The Morgan fingerprint density at radius 2 is 2.27 bits per heavy atom. The Morgan fingerprint density at radius 3 is 2.73 bits per heavy atom. The van der Waals surface area contributed by atoms with Crippen LogP contribution in [0.1, 0.15) is 10.5 Å². The molecule has 0 aliphatic carbocycles. The molecule has 1 heterocycles. The highest BCUT2D eigenvalue weighted by atomic mass is 16.1. The van der Waals surface area contributed by atoms with E-state index in [1.54, 1.807) is 37.2 Å². The van der Waals surface area contributed by atoms with Gasteiger partial charge in [0.05, 0.1) is 0 Å². The standard InChI is InChI=1S/C11H11N3O/c1-14(2)8-9(7-12)11(15)10-5-3-4-6-13-10/h3-6,8H,1-2H3. The van der Waals surface area contributed by atoms with E-state index in [0.29, 0.717) is 0 Å². The Balaban J connectivity index is 3.00. The average molecular weight is 201 g/mol. The summed E-state index contributed by atoms with van der Waals surface area (Å²) >= 11 is 0. The maximum Gasteiger partial charge on any atom is 0.223 e. The fraction of sp³-hybridized carbons (Fsp3) is 0.182. The number of nitrogens with zero attached hydrogens (tertiary/aromatic N) is 3. The van der Waals surface area contributed by atoms with E-state index in [0.717, 1.165) is 0 Å².